The van der Waals surface area contributed by atoms with Gasteiger partial charge in [-0.15, -0.1) is 11.6 Å². The van der Waals surface area contributed by atoms with Crippen LogP contribution in [-0.2, 0) is 6.42 Å². The Labute approximate surface area is 103 Å². The normalized spacial score (nSPS) is 12.4. The van der Waals surface area contributed by atoms with E-state index in [9.17, 15) is 8.78 Å². The van der Waals surface area contributed by atoms with Crippen LogP contribution in [0.15, 0.2) is 42.7 Å². The van der Waals surface area contributed by atoms with Crippen LogP contribution in [0.2, 0.25) is 0 Å². The fraction of sp³-hybridized carbons (Fsp3) is 0.154. The summed E-state index contributed by atoms with van der Waals surface area (Å²) in [6.07, 6.45) is 3.49. The molecule has 0 fully saturated rings. The van der Waals surface area contributed by atoms with E-state index in [1.54, 1.807) is 18.5 Å². The molecule has 2 rings (SSSR count). The molecule has 4 heteroatoms. The van der Waals surface area contributed by atoms with Crippen molar-refractivity contribution in [1.29, 1.82) is 0 Å². The number of halogens is 3. The Kier molecular flexibility index (Phi) is 3.69. The van der Waals surface area contributed by atoms with E-state index in [0.717, 1.165) is 11.6 Å². The van der Waals surface area contributed by atoms with E-state index in [0.29, 0.717) is 0 Å². The Morgan fingerprint density at radius 2 is 2.00 bits per heavy atom. The summed E-state index contributed by atoms with van der Waals surface area (Å²) in [5.74, 6) is -1.68. The summed E-state index contributed by atoms with van der Waals surface area (Å²) in [7, 11) is 0. The van der Waals surface area contributed by atoms with Gasteiger partial charge in [-0.3, -0.25) is 4.98 Å². The van der Waals surface area contributed by atoms with Gasteiger partial charge in [0.15, 0.2) is 11.6 Å². The second-order valence-electron chi connectivity index (χ2n) is 3.67. The summed E-state index contributed by atoms with van der Waals surface area (Å²) in [5, 5.41) is -0.417. The standard InChI is InChI=1S/C13H10ClF2N/c14-11(10-4-2-6-17-8-10)7-9-3-1-5-12(15)13(9)16/h1-6,8,11H,7H2. The quantitative estimate of drug-likeness (QED) is 0.757. The van der Waals surface area contributed by atoms with Crippen molar-refractivity contribution in [1.82, 2.24) is 4.98 Å². The van der Waals surface area contributed by atoms with Gasteiger partial charge in [0.2, 0.25) is 0 Å². The number of hydrogen-bond acceptors (Lipinski definition) is 1. The van der Waals surface area contributed by atoms with Gasteiger partial charge in [0.1, 0.15) is 0 Å². The maximum absolute atomic E-state index is 13.4. The molecule has 88 valence electrons. The van der Waals surface area contributed by atoms with Gasteiger partial charge < -0.3 is 0 Å². The minimum Gasteiger partial charge on any atom is -0.264 e. The minimum atomic E-state index is -0.849. The van der Waals surface area contributed by atoms with Gasteiger partial charge in [0.05, 0.1) is 5.38 Å². The fourth-order valence-electron chi connectivity index (χ4n) is 1.58. The molecule has 2 aromatic rings. The number of benzene rings is 1. The first kappa shape index (κ1) is 12.0. The number of alkyl halides is 1. The van der Waals surface area contributed by atoms with Crippen LogP contribution in [0.4, 0.5) is 8.78 Å². The van der Waals surface area contributed by atoms with Crippen LogP contribution < -0.4 is 0 Å². The zero-order chi connectivity index (χ0) is 12.3. The van der Waals surface area contributed by atoms with Crippen molar-refractivity contribution in [3.8, 4) is 0 Å². The maximum Gasteiger partial charge on any atom is 0.162 e. The Morgan fingerprint density at radius 3 is 2.71 bits per heavy atom. The summed E-state index contributed by atoms with van der Waals surface area (Å²) >= 11 is 6.14. The highest BCUT2D eigenvalue weighted by atomic mass is 35.5. The second-order valence-corrected chi connectivity index (χ2v) is 4.20. The number of nitrogens with zero attached hydrogens (tertiary/aromatic N) is 1. The summed E-state index contributed by atoms with van der Waals surface area (Å²) in [4.78, 5) is 3.94. The largest absolute Gasteiger partial charge is 0.264 e. The van der Waals surface area contributed by atoms with Gasteiger partial charge in [-0.1, -0.05) is 18.2 Å². The van der Waals surface area contributed by atoms with Gasteiger partial charge in [0, 0.05) is 12.4 Å². The zero-order valence-corrected chi connectivity index (χ0v) is 9.66. The SMILES string of the molecule is Fc1cccc(CC(Cl)c2cccnc2)c1F. The Balaban J connectivity index is 2.19. The summed E-state index contributed by atoms with van der Waals surface area (Å²) in [6, 6.07) is 7.66. The van der Waals surface area contributed by atoms with Crippen LogP contribution in [-0.4, -0.2) is 4.98 Å². The molecule has 1 unspecified atom stereocenters. The summed E-state index contributed by atoms with van der Waals surface area (Å²) in [6.45, 7) is 0. The van der Waals surface area contributed by atoms with Crippen LogP contribution in [0.5, 0.6) is 0 Å². The summed E-state index contributed by atoms with van der Waals surface area (Å²) < 4.78 is 26.4. The molecule has 1 aromatic carbocycles. The molecule has 17 heavy (non-hydrogen) atoms. The van der Waals surface area contributed by atoms with Gasteiger partial charge in [0.25, 0.3) is 0 Å². The first-order chi connectivity index (χ1) is 8.18. The van der Waals surface area contributed by atoms with Crippen molar-refractivity contribution in [2.75, 3.05) is 0 Å². The van der Waals surface area contributed by atoms with E-state index in [4.69, 9.17) is 11.6 Å². The fourth-order valence-corrected chi connectivity index (χ4v) is 1.87. The molecule has 0 amide bonds. The highest BCUT2D eigenvalue weighted by molar-refractivity contribution is 6.20. The third-order valence-electron chi connectivity index (χ3n) is 2.48. The Hall–Kier alpha value is -1.48. The number of pyridine rings is 1. The van der Waals surface area contributed by atoms with Crippen molar-refractivity contribution in [2.45, 2.75) is 11.8 Å². The van der Waals surface area contributed by atoms with Gasteiger partial charge in [-0.2, -0.15) is 0 Å². The Bertz CT molecular complexity index is 502. The average Bonchev–Trinajstić information content (AvgIpc) is 2.36. The monoisotopic (exact) mass is 253 g/mol. The van der Waals surface area contributed by atoms with Crippen LogP contribution >= 0.6 is 11.6 Å². The third kappa shape index (κ3) is 2.80. The van der Waals surface area contributed by atoms with Crippen LogP contribution in [0.1, 0.15) is 16.5 Å². The first-order valence-electron chi connectivity index (χ1n) is 5.15. The number of hydrogen-bond donors (Lipinski definition) is 0. The van der Waals surface area contributed by atoms with Gasteiger partial charge >= 0.3 is 0 Å². The molecule has 0 spiro atoms. The molecule has 0 aliphatic heterocycles. The lowest BCUT2D eigenvalue weighted by Crippen LogP contribution is -2.00. The lowest BCUT2D eigenvalue weighted by atomic mass is 10.0. The Morgan fingerprint density at radius 1 is 1.18 bits per heavy atom. The first-order valence-corrected chi connectivity index (χ1v) is 5.59. The zero-order valence-electron chi connectivity index (χ0n) is 8.91. The minimum absolute atomic E-state index is 0.233. The molecule has 1 heterocycles. The van der Waals surface area contributed by atoms with Crippen molar-refractivity contribution in [3.63, 3.8) is 0 Å². The van der Waals surface area contributed by atoms with Gasteiger partial charge in [-0.25, -0.2) is 8.78 Å². The topological polar surface area (TPSA) is 12.9 Å². The average molecular weight is 254 g/mol. The maximum atomic E-state index is 13.4. The van der Waals surface area contributed by atoms with Crippen LogP contribution in [0.25, 0.3) is 0 Å². The van der Waals surface area contributed by atoms with Crippen LogP contribution in [0.3, 0.4) is 0 Å². The number of aromatic nitrogens is 1. The molecule has 0 bridgehead atoms. The van der Waals surface area contributed by atoms with E-state index in [-0.39, 0.29) is 12.0 Å². The molecule has 1 atom stereocenters. The summed E-state index contributed by atoms with van der Waals surface area (Å²) in [5.41, 5.74) is 1.06. The molecule has 1 aromatic heterocycles. The van der Waals surface area contributed by atoms with E-state index in [2.05, 4.69) is 4.98 Å². The molecular formula is C13H10ClF2N. The molecule has 0 aliphatic carbocycles. The lowest BCUT2D eigenvalue weighted by Gasteiger charge is -2.10. The molecule has 0 saturated carbocycles. The van der Waals surface area contributed by atoms with E-state index in [1.807, 2.05) is 6.07 Å². The molecule has 1 nitrogen and oxygen atoms in total. The predicted molar refractivity (Wildman–Crippen MR) is 62.9 cm³/mol. The van der Waals surface area contributed by atoms with Crippen molar-refractivity contribution >= 4 is 11.6 Å². The highest BCUT2D eigenvalue weighted by Gasteiger charge is 2.14. The molecule has 0 N–H and O–H groups in total. The third-order valence-corrected chi connectivity index (χ3v) is 2.88. The van der Waals surface area contributed by atoms with Gasteiger partial charge in [-0.05, 0) is 29.7 Å². The van der Waals surface area contributed by atoms with Crippen LogP contribution in [0, 0.1) is 11.6 Å². The highest BCUT2D eigenvalue weighted by Crippen LogP contribution is 2.25. The molecular weight excluding hydrogens is 244 g/mol. The molecule has 0 saturated heterocycles. The van der Waals surface area contributed by atoms with Crippen molar-refractivity contribution in [2.24, 2.45) is 0 Å². The predicted octanol–water partition coefficient (Wildman–Crippen LogP) is 3.88. The van der Waals surface area contributed by atoms with Crippen molar-refractivity contribution in [3.05, 3.63) is 65.5 Å². The molecule has 0 aliphatic rings. The van der Waals surface area contributed by atoms with E-state index >= 15 is 0 Å². The van der Waals surface area contributed by atoms with E-state index in [1.165, 1.54) is 12.1 Å². The van der Waals surface area contributed by atoms with E-state index < -0.39 is 17.0 Å². The number of rotatable bonds is 3. The van der Waals surface area contributed by atoms with Crippen molar-refractivity contribution < 1.29 is 8.78 Å². The molecule has 0 radical (unpaired) electrons. The lowest BCUT2D eigenvalue weighted by molar-refractivity contribution is 0.498. The second kappa shape index (κ2) is 5.23. The smallest absolute Gasteiger partial charge is 0.162 e.